The van der Waals surface area contributed by atoms with Crippen molar-refractivity contribution in [2.45, 2.75) is 12.8 Å². The fourth-order valence-corrected chi connectivity index (χ4v) is 5.59. The van der Waals surface area contributed by atoms with Gasteiger partial charge >= 0.3 is 0 Å². The van der Waals surface area contributed by atoms with E-state index in [1.165, 1.54) is 0 Å². The van der Waals surface area contributed by atoms with E-state index in [-0.39, 0.29) is 5.91 Å². The zero-order chi connectivity index (χ0) is 29.7. The van der Waals surface area contributed by atoms with Gasteiger partial charge in [0.05, 0.1) is 12.1 Å². The summed E-state index contributed by atoms with van der Waals surface area (Å²) in [4.78, 5) is 23.0. The Morgan fingerprint density at radius 2 is 1.52 bits per heavy atom. The number of piperidine rings is 1. The first-order valence-electron chi connectivity index (χ1n) is 15.1. The van der Waals surface area contributed by atoms with Crippen LogP contribution in [0, 0.1) is 5.92 Å². The molecule has 7 heteroatoms. The van der Waals surface area contributed by atoms with Gasteiger partial charge in [0, 0.05) is 27.9 Å². The lowest BCUT2D eigenvalue weighted by Crippen LogP contribution is -2.30. The summed E-state index contributed by atoms with van der Waals surface area (Å²) in [6.07, 6.45) is 2.30. The summed E-state index contributed by atoms with van der Waals surface area (Å²) in [5, 5.41) is 12.9. The average Bonchev–Trinajstić information content (AvgIpc) is 3.08. The number of aromatic nitrogens is 2. The van der Waals surface area contributed by atoms with Crippen LogP contribution in [-0.4, -0.2) is 35.6 Å². The highest BCUT2D eigenvalue weighted by Gasteiger charge is 2.15. The lowest BCUT2D eigenvalue weighted by atomic mass is 9.99. The van der Waals surface area contributed by atoms with E-state index in [1.54, 1.807) is 0 Å². The Morgan fingerprint density at radius 3 is 2.34 bits per heavy atom. The number of carbonyl (C=O) groups is 1. The van der Waals surface area contributed by atoms with Crippen molar-refractivity contribution in [1.82, 2.24) is 15.3 Å². The molecule has 0 atom stereocenters. The van der Waals surface area contributed by atoms with Gasteiger partial charge in [-0.3, -0.25) is 4.79 Å². The molecule has 1 saturated heterocycles. The SMILES string of the molecule is O=C(Nc1ccc2nc(-c3ccccc3)nc(Nc3ccc(OCC4CCNCC4)cc3)c2c1)c1ccc2ccccc2c1. The number of hydrogen-bond acceptors (Lipinski definition) is 6. The normalized spacial score (nSPS) is 13.5. The number of nitrogens with one attached hydrogen (secondary N) is 3. The highest BCUT2D eigenvalue weighted by molar-refractivity contribution is 6.07. The monoisotopic (exact) mass is 579 g/mol. The van der Waals surface area contributed by atoms with E-state index in [0.717, 1.165) is 71.2 Å². The van der Waals surface area contributed by atoms with E-state index in [2.05, 4.69) is 16.0 Å². The predicted molar refractivity (Wildman–Crippen MR) is 178 cm³/mol. The number of amides is 1. The molecule has 0 aliphatic carbocycles. The first-order chi connectivity index (χ1) is 21.7. The summed E-state index contributed by atoms with van der Waals surface area (Å²) in [7, 11) is 0. The molecule has 1 fully saturated rings. The molecule has 5 aromatic carbocycles. The van der Waals surface area contributed by atoms with Gasteiger partial charge in [-0.05, 0) is 97.2 Å². The minimum absolute atomic E-state index is 0.175. The smallest absolute Gasteiger partial charge is 0.255 e. The van der Waals surface area contributed by atoms with Gasteiger partial charge < -0.3 is 20.7 Å². The molecule has 3 N–H and O–H groups in total. The Balaban J connectivity index is 1.16. The fraction of sp³-hybridized carbons (Fsp3) is 0.162. The molecule has 1 aliphatic rings. The van der Waals surface area contributed by atoms with Gasteiger partial charge in [-0.25, -0.2) is 9.97 Å². The van der Waals surface area contributed by atoms with Crippen LogP contribution in [-0.2, 0) is 0 Å². The van der Waals surface area contributed by atoms with Crippen LogP contribution in [0.2, 0.25) is 0 Å². The van der Waals surface area contributed by atoms with Crippen molar-refractivity contribution in [2.24, 2.45) is 5.92 Å². The van der Waals surface area contributed by atoms with Crippen LogP contribution in [0.5, 0.6) is 5.75 Å². The Bertz CT molecular complexity index is 1920. The highest BCUT2D eigenvalue weighted by Crippen LogP contribution is 2.30. The molecule has 0 saturated carbocycles. The average molecular weight is 580 g/mol. The van der Waals surface area contributed by atoms with Gasteiger partial charge in [-0.2, -0.15) is 0 Å². The minimum Gasteiger partial charge on any atom is -0.493 e. The second-order valence-corrected chi connectivity index (χ2v) is 11.2. The van der Waals surface area contributed by atoms with Crippen LogP contribution in [0.1, 0.15) is 23.2 Å². The van der Waals surface area contributed by atoms with Crippen molar-refractivity contribution in [2.75, 3.05) is 30.3 Å². The molecule has 0 bridgehead atoms. The number of benzene rings is 5. The molecule has 7 rings (SSSR count). The number of hydrogen-bond donors (Lipinski definition) is 3. The van der Waals surface area contributed by atoms with Crippen LogP contribution >= 0.6 is 0 Å². The van der Waals surface area contributed by atoms with Crippen molar-refractivity contribution in [3.63, 3.8) is 0 Å². The Morgan fingerprint density at radius 1 is 0.773 bits per heavy atom. The second kappa shape index (κ2) is 12.5. The molecule has 0 spiro atoms. The van der Waals surface area contributed by atoms with Gasteiger partial charge in [-0.15, -0.1) is 0 Å². The summed E-state index contributed by atoms with van der Waals surface area (Å²) in [6, 6.07) is 37.3. The maximum Gasteiger partial charge on any atom is 0.255 e. The number of nitrogens with zero attached hydrogens (tertiary/aromatic N) is 2. The Labute approximate surface area is 256 Å². The molecule has 218 valence electrons. The number of rotatable bonds is 8. The number of anilines is 3. The maximum atomic E-state index is 13.2. The quantitative estimate of drug-likeness (QED) is 0.170. The van der Waals surface area contributed by atoms with Crippen LogP contribution in [0.15, 0.2) is 115 Å². The lowest BCUT2D eigenvalue weighted by Gasteiger charge is -2.22. The van der Waals surface area contributed by atoms with Crippen molar-refractivity contribution in [1.29, 1.82) is 0 Å². The third-order valence-electron chi connectivity index (χ3n) is 8.06. The van der Waals surface area contributed by atoms with Crippen LogP contribution < -0.4 is 20.7 Å². The molecule has 1 aromatic heterocycles. The number of fused-ring (bicyclic) bond motifs is 2. The summed E-state index contributed by atoms with van der Waals surface area (Å²) in [6.45, 7) is 2.85. The first kappa shape index (κ1) is 27.6. The summed E-state index contributed by atoms with van der Waals surface area (Å²) in [5.41, 5.74) is 3.83. The minimum atomic E-state index is -0.175. The Hall–Kier alpha value is -5.27. The summed E-state index contributed by atoms with van der Waals surface area (Å²) >= 11 is 0. The van der Waals surface area contributed by atoms with Crippen LogP contribution in [0.4, 0.5) is 17.2 Å². The standard InChI is InChI=1S/C37H33N5O2/c43-37(29-11-10-26-6-4-5-9-28(26)22-29)40-31-14-17-34-33(23-31)36(42-35(41-34)27-7-2-1-3-8-27)39-30-12-15-32(16-13-30)44-24-25-18-20-38-21-19-25/h1-17,22-23,25,38H,18-21,24H2,(H,40,43)(H,39,41,42). The van der Waals surface area contributed by atoms with Gasteiger partial charge in [0.1, 0.15) is 11.6 Å². The zero-order valence-corrected chi connectivity index (χ0v) is 24.3. The first-order valence-corrected chi connectivity index (χ1v) is 15.1. The van der Waals surface area contributed by atoms with E-state index >= 15 is 0 Å². The largest absolute Gasteiger partial charge is 0.493 e. The summed E-state index contributed by atoms with van der Waals surface area (Å²) in [5.74, 6) is 2.54. The van der Waals surface area contributed by atoms with Gasteiger partial charge in [0.15, 0.2) is 5.82 Å². The van der Waals surface area contributed by atoms with Crippen molar-refractivity contribution < 1.29 is 9.53 Å². The molecular formula is C37H33N5O2. The third kappa shape index (κ3) is 6.23. The zero-order valence-electron chi connectivity index (χ0n) is 24.3. The van der Waals surface area contributed by atoms with Crippen molar-refractivity contribution >= 4 is 44.8 Å². The molecule has 0 unspecified atom stereocenters. The lowest BCUT2D eigenvalue weighted by molar-refractivity contribution is 0.102. The van der Waals surface area contributed by atoms with Gasteiger partial charge in [-0.1, -0.05) is 60.7 Å². The van der Waals surface area contributed by atoms with E-state index in [4.69, 9.17) is 14.7 Å². The third-order valence-corrected chi connectivity index (χ3v) is 8.06. The van der Waals surface area contributed by atoms with Crippen LogP contribution in [0.25, 0.3) is 33.1 Å². The van der Waals surface area contributed by atoms with E-state index in [1.807, 2.05) is 115 Å². The fourth-order valence-electron chi connectivity index (χ4n) is 5.59. The molecule has 1 aliphatic heterocycles. The predicted octanol–water partition coefficient (Wildman–Crippen LogP) is 7.82. The van der Waals surface area contributed by atoms with Gasteiger partial charge in [0.2, 0.25) is 0 Å². The molecule has 6 aromatic rings. The van der Waals surface area contributed by atoms with Crippen molar-refractivity contribution in [3.05, 3.63) is 121 Å². The van der Waals surface area contributed by atoms with E-state index < -0.39 is 0 Å². The molecule has 7 nitrogen and oxygen atoms in total. The Kier molecular flexibility index (Phi) is 7.85. The van der Waals surface area contributed by atoms with E-state index in [0.29, 0.717) is 28.8 Å². The van der Waals surface area contributed by atoms with Crippen molar-refractivity contribution in [3.8, 4) is 17.1 Å². The molecule has 1 amide bonds. The summed E-state index contributed by atoms with van der Waals surface area (Å²) < 4.78 is 6.09. The number of ether oxygens (including phenoxy) is 1. The van der Waals surface area contributed by atoms with E-state index in [9.17, 15) is 4.79 Å². The molecule has 44 heavy (non-hydrogen) atoms. The molecule has 2 heterocycles. The molecule has 0 radical (unpaired) electrons. The highest BCUT2D eigenvalue weighted by atomic mass is 16.5. The maximum absolute atomic E-state index is 13.2. The topological polar surface area (TPSA) is 88.2 Å². The number of carbonyl (C=O) groups excluding carboxylic acids is 1. The second-order valence-electron chi connectivity index (χ2n) is 11.2. The van der Waals surface area contributed by atoms with Gasteiger partial charge in [0.25, 0.3) is 5.91 Å². The van der Waals surface area contributed by atoms with Crippen LogP contribution in [0.3, 0.4) is 0 Å². The molecular weight excluding hydrogens is 546 g/mol.